The van der Waals surface area contributed by atoms with Crippen molar-refractivity contribution in [3.63, 3.8) is 0 Å². The largest absolute Gasteiger partial charge is 0.477 e. The van der Waals surface area contributed by atoms with Crippen molar-refractivity contribution in [1.29, 1.82) is 0 Å². The molecule has 3 rings (SSSR count). The summed E-state index contributed by atoms with van der Waals surface area (Å²) in [6, 6.07) is 6.12. The number of carbonyl (C=O) groups excluding carboxylic acids is 2. The fraction of sp³-hybridized carbons (Fsp3) is 0.278. The van der Waals surface area contributed by atoms with Crippen LogP contribution in [0.1, 0.15) is 21.7 Å². The average molecular weight is 451 g/mol. The molecule has 2 aromatic rings. The van der Waals surface area contributed by atoms with E-state index in [1.54, 1.807) is 0 Å². The van der Waals surface area contributed by atoms with Gasteiger partial charge in [0, 0.05) is 29.3 Å². The maximum Gasteiger partial charge on any atom is 0.410 e. The van der Waals surface area contributed by atoms with Crippen LogP contribution in [0.4, 0.5) is 16.2 Å². The lowest BCUT2D eigenvalue weighted by molar-refractivity contribution is -0.384. The number of likely N-dealkylation sites (tertiary alicyclic amines) is 1. The summed E-state index contributed by atoms with van der Waals surface area (Å²) in [7, 11) is 0. The Labute approximate surface area is 180 Å². The first-order valence-corrected chi connectivity index (χ1v) is 10.1. The van der Waals surface area contributed by atoms with E-state index in [-0.39, 0.29) is 29.0 Å². The average Bonchev–Trinajstić information content (AvgIpc) is 3.33. The fourth-order valence-electron chi connectivity index (χ4n) is 2.95. The highest BCUT2D eigenvalue weighted by molar-refractivity contribution is 7.81. The van der Waals surface area contributed by atoms with E-state index in [1.165, 1.54) is 40.6 Å². The molecule has 0 unspecified atom stereocenters. The maximum absolute atomic E-state index is 12.6. The van der Waals surface area contributed by atoms with Crippen molar-refractivity contribution >= 4 is 53.3 Å². The number of nitro groups is 1. The van der Waals surface area contributed by atoms with Gasteiger partial charge in [-0.15, -0.1) is 11.3 Å². The number of rotatable bonds is 6. The summed E-state index contributed by atoms with van der Waals surface area (Å²) in [5, 5.41) is 23.6. The van der Waals surface area contributed by atoms with Gasteiger partial charge in [0.15, 0.2) is 0 Å². The zero-order chi connectivity index (χ0) is 21.8. The molecule has 2 atom stereocenters. The molecule has 1 fully saturated rings. The van der Waals surface area contributed by atoms with E-state index >= 15 is 0 Å². The molecule has 30 heavy (non-hydrogen) atoms. The van der Waals surface area contributed by atoms with Crippen LogP contribution in [0, 0.1) is 10.1 Å². The third-order valence-corrected chi connectivity index (χ3v) is 5.70. The number of ether oxygens (including phenoxy) is 1. The molecule has 0 aliphatic carbocycles. The fourth-order valence-corrected chi connectivity index (χ4v) is 4.00. The molecule has 2 heterocycles. The monoisotopic (exact) mass is 451 g/mol. The van der Waals surface area contributed by atoms with Crippen LogP contribution in [-0.4, -0.2) is 50.7 Å². The lowest BCUT2D eigenvalue weighted by Crippen LogP contribution is -2.43. The molecule has 1 aromatic heterocycles. The minimum absolute atomic E-state index is 0.0706. The summed E-state index contributed by atoms with van der Waals surface area (Å²) in [6.07, 6.45) is -0.390. The van der Waals surface area contributed by atoms with Gasteiger partial charge in [0.1, 0.15) is 17.5 Å². The van der Waals surface area contributed by atoms with Gasteiger partial charge in [0.25, 0.3) is 5.69 Å². The Morgan fingerprint density at radius 3 is 2.63 bits per heavy atom. The summed E-state index contributed by atoms with van der Waals surface area (Å²) in [6.45, 7) is 0.107. The number of hydrogen-bond donors (Lipinski definition) is 3. The molecule has 2 amide bonds. The highest BCUT2D eigenvalue weighted by Crippen LogP contribution is 2.26. The number of aromatic carboxylic acids is 1. The number of carboxylic acids is 1. The summed E-state index contributed by atoms with van der Waals surface area (Å²) in [5.74, 6) is -1.55. The lowest BCUT2D eigenvalue weighted by atomic mass is 10.2. The normalized spacial score (nSPS) is 18.1. The highest BCUT2D eigenvalue weighted by atomic mass is 32.1. The van der Waals surface area contributed by atoms with Gasteiger partial charge in [-0.05, 0) is 30.2 Å². The SMILES string of the molecule is O=C(O)c1cc(NC(=O)[C@@H]2C[C@H](S)CN2C(=O)OCc2ccc([N+](=O)[O-])cc2)cs1. The van der Waals surface area contributed by atoms with Crippen molar-refractivity contribution in [3.05, 3.63) is 56.3 Å². The van der Waals surface area contributed by atoms with Gasteiger partial charge in [-0.1, -0.05) is 0 Å². The molecule has 1 aromatic carbocycles. The van der Waals surface area contributed by atoms with Crippen LogP contribution in [0.2, 0.25) is 0 Å². The summed E-state index contributed by atoms with van der Waals surface area (Å²) < 4.78 is 5.25. The molecular weight excluding hydrogens is 434 g/mol. The Morgan fingerprint density at radius 2 is 2.03 bits per heavy atom. The van der Waals surface area contributed by atoms with E-state index in [1.807, 2.05) is 0 Å². The number of thiol groups is 1. The van der Waals surface area contributed by atoms with E-state index < -0.39 is 28.9 Å². The Kier molecular flexibility index (Phi) is 6.57. The van der Waals surface area contributed by atoms with Gasteiger partial charge in [-0.2, -0.15) is 12.6 Å². The maximum atomic E-state index is 12.6. The topological polar surface area (TPSA) is 139 Å². The predicted molar refractivity (Wildman–Crippen MR) is 111 cm³/mol. The second-order valence-electron chi connectivity index (χ2n) is 6.53. The van der Waals surface area contributed by atoms with Crippen molar-refractivity contribution in [2.24, 2.45) is 0 Å². The van der Waals surface area contributed by atoms with Crippen molar-refractivity contribution < 1.29 is 29.2 Å². The van der Waals surface area contributed by atoms with Gasteiger partial charge in [0.2, 0.25) is 5.91 Å². The van der Waals surface area contributed by atoms with Gasteiger partial charge in [-0.3, -0.25) is 19.8 Å². The minimum Gasteiger partial charge on any atom is -0.477 e. The van der Waals surface area contributed by atoms with Crippen molar-refractivity contribution in [1.82, 2.24) is 4.90 Å². The molecule has 10 nitrogen and oxygen atoms in total. The van der Waals surface area contributed by atoms with Crippen LogP contribution < -0.4 is 5.32 Å². The zero-order valence-corrected chi connectivity index (χ0v) is 17.1. The van der Waals surface area contributed by atoms with Crippen LogP contribution >= 0.6 is 24.0 Å². The van der Waals surface area contributed by atoms with Crippen LogP contribution in [-0.2, 0) is 16.1 Å². The number of non-ortho nitro benzene ring substituents is 1. The smallest absolute Gasteiger partial charge is 0.410 e. The first-order chi connectivity index (χ1) is 14.2. The molecular formula is C18H17N3O7S2. The number of carbonyl (C=O) groups is 3. The Hall–Kier alpha value is -3.12. The number of nitro benzene ring substituents is 1. The first kappa shape index (κ1) is 21.6. The Bertz CT molecular complexity index is 976. The molecule has 0 saturated carbocycles. The van der Waals surface area contributed by atoms with Gasteiger partial charge in [0.05, 0.1) is 10.6 Å². The predicted octanol–water partition coefficient (Wildman–Crippen LogP) is 3.00. The molecule has 12 heteroatoms. The highest BCUT2D eigenvalue weighted by Gasteiger charge is 2.39. The molecule has 0 radical (unpaired) electrons. The number of nitrogens with zero attached hydrogens (tertiary/aromatic N) is 2. The number of nitrogens with one attached hydrogen (secondary N) is 1. The molecule has 1 aliphatic rings. The van der Waals surface area contributed by atoms with E-state index in [0.29, 0.717) is 17.7 Å². The summed E-state index contributed by atoms with van der Waals surface area (Å²) in [5.41, 5.74) is 0.832. The van der Waals surface area contributed by atoms with Gasteiger partial charge >= 0.3 is 12.1 Å². The van der Waals surface area contributed by atoms with E-state index in [9.17, 15) is 24.5 Å². The second-order valence-corrected chi connectivity index (χ2v) is 8.17. The summed E-state index contributed by atoms with van der Waals surface area (Å²) >= 11 is 5.34. The van der Waals surface area contributed by atoms with Crippen molar-refractivity contribution in [2.75, 3.05) is 11.9 Å². The first-order valence-electron chi connectivity index (χ1n) is 8.72. The van der Waals surface area contributed by atoms with E-state index in [0.717, 1.165) is 11.3 Å². The minimum atomic E-state index is -1.09. The van der Waals surface area contributed by atoms with Crippen LogP contribution in [0.5, 0.6) is 0 Å². The van der Waals surface area contributed by atoms with E-state index in [4.69, 9.17) is 9.84 Å². The number of hydrogen-bond acceptors (Lipinski definition) is 8. The van der Waals surface area contributed by atoms with Crippen LogP contribution in [0.25, 0.3) is 0 Å². The quantitative estimate of drug-likeness (QED) is 0.348. The third-order valence-electron chi connectivity index (χ3n) is 4.40. The standard InChI is InChI=1S/C18H17N3O7S2/c22-16(19-11-5-15(17(23)24)30-9-11)14-6-13(29)7-20(14)18(25)28-8-10-1-3-12(4-2-10)21(26)27/h1-5,9,13-14,29H,6-8H2,(H,19,22)(H,23,24)/t13-,14-/m0/s1. The number of anilines is 1. The van der Waals surface area contributed by atoms with Crippen LogP contribution in [0.3, 0.4) is 0 Å². The zero-order valence-electron chi connectivity index (χ0n) is 15.4. The van der Waals surface area contributed by atoms with Gasteiger partial charge in [-0.25, -0.2) is 9.59 Å². The molecule has 0 spiro atoms. The molecule has 2 N–H and O–H groups in total. The molecule has 1 aliphatic heterocycles. The number of carboxylic acid groups (broad SMARTS) is 1. The molecule has 1 saturated heterocycles. The Morgan fingerprint density at radius 1 is 1.33 bits per heavy atom. The lowest BCUT2D eigenvalue weighted by Gasteiger charge is -2.23. The third kappa shape index (κ3) is 5.07. The van der Waals surface area contributed by atoms with E-state index in [2.05, 4.69) is 17.9 Å². The van der Waals surface area contributed by atoms with Gasteiger partial charge < -0.3 is 15.2 Å². The van der Waals surface area contributed by atoms with Crippen molar-refractivity contribution in [2.45, 2.75) is 24.3 Å². The number of thiophene rings is 1. The summed E-state index contributed by atoms with van der Waals surface area (Å²) in [4.78, 5) is 47.6. The Balaban J connectivity index is 1.61. The number of amides is 2. The van der Waals surface area contributed by atoms with Crippen molar-refractivity contribution in [3.8, 4) is 0 Å². The second kappa shape index (κ2) is 9.13. The molecule has 158 valence electrons. The van der Waals surface area contributed by atoms with Crippen LogP contribution in [0.15, 0.2) is 35.7 Å². The molecule has 0 bridgehead atoms. The number of benzene rings is 1.